The van der Waals surface area contributed by atoms with E-state index in [1.165, 1.54) is 0 Å². The highest BCUT2D eigenvalue weighted by atomic mass is 16.2. The summed E-state index contributed by atoms with van der Waals surface area (Å²) in [5, 5.41) is 4.66. The number of rotatable bonds is 2. The second-order valence-electron chi connectivity index (χ2n) is 4.01. The van der Waals surface area contributed by atoms with Gasteiger partial charge in [0.1, 0.15) is 6.04 Å². The molecule has 1 unspecified atom stereocenters. The van der Waals surface area contributed by atoms with E-state index >= 15 is 0 Å². The van der Waals surface area contributed by atoms with Gasteiger partial charge in [-0.05, 0) is 19.1 Å². The number of carbonyl (C=O) groups is 3. The van der Waals surface area contributed by atoms with Crippen molar-refractivity contribution in [2.75, 3.05) is 0 Å². The van der Waals surface area contributed by atoms with Crippen LogP contribution in [0.2, 0.25) is 0 Å². The maximum absolute atomic E-state index is 11.8. The van der Waals surface area contributed by atoms with Crippen LogP contribution in [-0.2, 0) is 9.59 Å². The second kappa shape index (κ2) is 4.37. The molecule has 1 saturated heterocycles. The lowest BCUT2D eigenvalue weighted by molar-refractivity contribution is -0.125. The Morgan fingerprint density at radius 3 is 2.47 bits per heavy atom. The molecule has 17 heavy (non-hydrogen) atoms. The van der Waals surface area contributed by atoms with E-state index < -0.39 is 11.9 Å². The summed E-state index contributed by atoms with van der Waals surface area (Å²) in [6.45, 7) is 1.92. The number of nitrogens with one attached hydrogen (secondary N) is 2. The zero-order chi connectivity index (χ0) is 12.4. The zero-order valence-corrected chi connectivity index (χ0v) is 9.32. The highest BCUT2D eigenvalue weighted by Gasteiger charge is 2.31. The van der Waals surface area contributed by atoms with Crippen LogP contribution in [0.25, 0.3) is 0 Å². The fourth-order valence-electron chi connectivity index (χ4n) is 1.62. The first-order valence-corrected chi connectivity index (χ1v) is 5.27. The van der Waals surface area contributed by atoms with Crippen molar-refractivity contribution >= 4 is 17.7 Å². The van der Waals surface area contributed by atoms with Crippen molar-refractivity contribution in [2.24, 2.45) is 0 Å². The second-order valence-corrected chi connectivity index (χ2v) is 4.01. The van der Waals surface area contributed by atoms with Crippen molar-refractivity contribution in [3.63, 3.8) is 0 Å². The Kier molecular flexibility index (Phi) is 2.91. The maximum atomic E-state index is 11.8. The highest BCUT2D eigenvalue weighted by molar-refractivity contribution is 6.08. The van der Waals surface area contributed by atoms with Crippen molar-refractivity contribution in [1.82, 2.24) is 10.6 Å². The molecule has 0 radical (unpaired) electrons. The molecule has 0 spiro atoms. The van der Waals surface area contributed by atoms with Crippen LogP contribution in [0.3, 0.4) is 0 Å². The van der Waals surface area contributed by atoms with Gasteiger partial charge in [0.05, 0.1) is 6.42 Å². The van der Waals surface area contributed by atoms with Crippen LogP contribution >= 0.6 is 0 Å². The first-order chi connectivity index (χ1) is 8.06. The monoisotopic (exact) mass is 232 g/mol. The molecular formula is C12H12N2O3. The van der Waals surface area contributed by atoms with Gasteiger partial charge in [-0.2, -0.15) is 0 Å². The van der Waals surface area contributed by atoms with E-state index in [4.69, 9.17) is 0 Å². The van der Waals surface area contributed by atoms with Gasteiger partial charge in [-0.15, -0.1) is 0 Å². The van der Waals surface area contributed by atoms with Crippen LogP contribution < -0.4 is 10.6 Å². The molecule has 5 heteroatoms. The number of hydrogen-bond donors (Lipinski definition) is 2. The molecule has 1 aromatic rings. The summed E-state index contributed by atoms with van der Waals surface area (Å²) in [6.07, 6.45) is 0.0104. The third kappa shape index (κ3) is 2.50. The lowest BCUT2D eigenvalue weighted by atomic mass is 10.1. The minimum absolute atomic E-state index is 0.0104. The summed E-state index contributed by atoms with van der Waals surface area (Å²) < 4.78 is 0. The summed E-state index contributed by atoms with van der Waals surface area (Å²) in [5.74, 6) is -1.15. The Balaban J connectivity index is 2.04. The van der Waals surface area contributed by atoms with Gasteiger partial charge in [-0.1, -0.05) is 17.7 Å². The van der Waals surface area contributed by atoms with E-state index in [1.54, 1.807) is 12.1 Å². The molecular weight excluding hydrogens is 220 g/mol. The van der Waals surface area contributed by atoms with Gasteiger partial charge in [0.2, 0.25) is 11.8 Å². The van der Waals surface area contributed by atoms with Crippen LogP contribution in [0.5, 0.6) is 0 Å². The minimum atomic E-state index is -0.753. The molecule has 3 amide bonds. The lowest BCUT2D eigenvalue weighted by Crippen LogP contribution is -2.40. The molecule has 2 N–H and O–H groups in total. The van der Waals surface area contributed by atoms with E-state index in [0.29, 0.717) is 5.56 Å². The molecule has 0 aliphatic carbocycles. The Labute approximate surface area is 98.2 Å². The van der Waals surface area contributed by atoms with Gasteiger partial charge in [0, 0.05) is 5.56 Å². The number of carbonyl (C=O) groups excluding carboxylic acids is 3. The predicted octanol–water partition coefficient (Wildman–Crippen LogP) is 0.140. The molecule has 1 heterocycles. The topological polar surface area (TPSA) is 75.3 Å². The Morgan fingerprint density at radius 2 is 1.94 bits per heavy atom. The Morgan fingerprint density at radius 1 is 1.29 bits per heavy atom. The standard InChI is InChI=1S/C12H12N2O3/c1-7-2-4-8(5-3-7)11(16)13-9-6-10(15)14-12(9)17/h2-5,9H,6H2,1H3,(H,13,16)(H,14,15,17). The summed E-state index contributed by atoms with van der Waals surface area (Å²) in [4.78, 5) is 34.0. The van der Waals surface area contributed by atoms with Crippen LogP contribution in [0.4, 0.5) is 0 Å². The van der Waals surface area contributed by atoms with Gasteiger partial charge in [0.25, 0.3) is 5.91 Å². The number of imide groups is 1. The maximum Gasteiger partial charge on any atom is 0.251 e. The first-order valence-electron chi connectivity index (χ1n) is 5.27. The average molecular weight is 232 g/mol. The first kappa shape index (κ1) is 11.3. The molecule has 1 aliphatic rings. The van der Waals surface area contributed by atoms with Crippen molar-refractivity contribution in [3.05, 3.63) is 35.4 Å². The molecule has 5 nitrogen and oxygen atoms in total. The molecule has 0 aromatic heterocycles. The SMILES string of the molecule is Cc1ccc(C(=O)NC2CC(=O)NC2=O)cc1. The van der Waals surface area contributed by atoms with Crippen LogP contribution in [-0.4, -0.2) is 23.8 Å². The van der Waals surface area contributed by atoms with Crippen molar-refractivity contribution in [3.8, 4) is 0 Å². The van der Waals surface area contributed by atoms with Crippen LogP contribution in [0.1, 0.15) is 22.3 Å². The molecule has 0 bridgehead atoms. The van der Waals surface area contributed by atoms with Crippen LogP contribution in [0, 0.1) is 6.92 Å². The Hall–Kier alpha value is -2.17. The van der Waals surface area contributed by atoms with Gasteiger partial charge >= 0.3 is 0 Å². The number of benzene rings is 1. The van der Waals surface area contributed by atoms with Crippen molar-refractivity contribution in [1.29, 1.82) is 0 Å². The molecule has 0 saturated carbocycles. The van der Waals surface area contributed by atoms with Crippen molar-refractivity contribution < 1.29 is 14.4 Å². The molecule has 1 aromatic carbocycles. The number of aryl methyl sites for hydroxylation is 1. The van der Waals surface area contributed by atoms with Crippen LogP contribution in [0.15, 0.2) is 24.3 Å². The zero-order valence-electron chi connectivity index (χ0n) is 9.32. The van der Waals surface area contributed by atoms with E-state index in [9.17, 15) is 14.4 Å². The largest absolute Gasteiger partial charge is 0.340 e. The number of hydrogen-bond acceptors (Lipinski definition) is 3. The van der Waals surface area contributed by atoms with E-state index in [1.807, 2.05) is 19.1 Å². The quantitative estimate of drug-likeness (QED) is 0.712. The average Bonchev–Trinajstić information content (AvgIpc) is 2.58. The van der Waals surface area contributed by atoms with Gasteiger partial charge in [0.15, 0.2) is 0 Å². The molecule has 2 rings (SSSR count). The normalized spacial score (nSPS) is 19.0. The molecule has 1 fully saturated rings. The fourth-order valence-corrected chi connectivity index (χ4v) is 1.62. The van der Waals surface area contributed by atoms with E-state index in [2.05, 4.69) is 10.6 Å². The third-order valence-corrected chi connectivity index (χ3v) is 2.59. The predicted molar refractivity (Wildman–Crippen MR) is 60.2 cm³/mol. The Bertz CT molecular complexity index is 479. The van der Waals surface area contributed by atoms with E-state index in [-0.39, 0.29) is 18.2 Å². The molecule has 1 atom stereocenters. The third-order valence-electron chi connectivity index (χ3n) is 2.59. The van der Waals surface area contributed by atoms with Crippen molar-refractivity contribution in [2.45, 2.75) is 19.4 Å². The summed E-state index contributed by atoms with van der Waals surface area (Å²) in [5.41, 5.74) is 1.53. The fraction of sp³-hybridized carbons (Fsp3) is 0.250. The van der Waals surface area contributed by atoms with Gasteiger partial charge < -0.3 is 5.32 Å². The highest BCUT2D eigenvalue weighted by Crippen LogP contribution is 2.06. The minimum Gasteiger partial charge on any atom is -0.340 e. The lowest BCUT2D eigenvalue weighted by Gasteiger charge is -2.09. The molecule has 1 aliphatic heterocycles. The summed E-state index contributed by atoms with van der Waals surface area (Å²) in [6, 6.07) is 6.23. The van der Waals surface area contributed by atoms with Gasteiger partial charge in [-0.25, -0.2) is 0 Å². The smallest absolute Gasteiger partial charge is 0.251 e. The summed E-state index contributed by atoms with van der Waals surface area (Å²) in [7, 11) is 0. The summed E-state index contributed by atoms with van der Waals surface area (Å²) >= 11 is 0. The number of amides is 3. The van der Waals surface area contributed by atoms with Gasteiger partial charge in [-0.3, -0.25) is 19.7 Å². The molecule has 88 valence electrons. The van der Waals surface area contributed by atoms with E-state index in [0.717, 1.165) is 5.56 Å².